The van der Waals surface area contributed by atoms with Crippen molar-refractivity contribution in [3.63, 3.8) is 0 Å². The molecule has 4 nitrogen and oxygen atoms in total. The summed E-state index contributed by atoms with van der Waals surface area (Å²) in [6.45, 7) is 3.23. The first kappa shape index (κ1) is 12.1. The minimum atomic E-state index is 0.669. The van der Waals surface area contributed by atoms with Gasteiger partial charge in [0.25, 0.3) is 0 Å². The zero-order valence-electron chi connectivity index (χ0n) is 11.1. The molecule has 0 aliphatic carbocycles. The molecule has 0 amide bonds. The smallest absolute Gasteiger partial charge is 0.122 e. The average Bonchev–Trinajstić information content (AvgIpc) is 2.99. The third kappa shape index (κ3) is 2.29. The Morgan fingerprint density at radius 3 is 3.05 bits per heavy atom. The Kier molecular flexibility index (Phi) is 3.14. The fourth-order valence-electron chi connectivity index (χ4n) is 2.83. The molecule has 1 unspecified atom stereocenters. The fraction of sp³-hybridized carbons (Fsp3) is 0.400. The molecular formula is C15H18N4. The van der Waals surface area contributed by atoms with Crippen molar-refractivity contribution in [2.45, 2.75) is 6.42 Å². The molecule has 0 saturated carbocycles. The Morgan fingerprint density at radius 2 is 2.32 bits per heavy atom. The Morgan fingerprint density at radius 1 is 1.47 bits per heavy atom. The topological polar surface area (TPSA) is 54.8 Å². The molecule has 19 heavy (non-hydrogen) atoms. The first-order valence-corrected chi connectivity index (χ1v) is 6.71. The SMILES string of the molecule is CN1CCC(CNc2[nH]c3ccccc3c2C#N)C1. The lowest BCUT2D eigenvalue weighted by atomic mass is 10.1. The molecule has 1 aromatic heterocycles. The van der Waals surface area contributed by atoms with Crippen LogP contribution >= 0.6 is 0 Å². The van der Waals surface area contributed by atoms with Gasteiger partial charge in [-0.1, -0.05) is 18.2 Å². The molecule has 1 saturated heterocycles. The van der Waals surface area contributed by atoms with Gasteiger partial charge in [-0.25, -0.2) is 0 Å². The molecule has 1 fully saturated rings. The maximum atomic E-state index is 9.32. The van der Waals surface area contributed by atoms with Gasteiger partial charge in [-0.15, -0.1) is 0 Å². The molecule has 2 heterocycles. The van der Waals surface area contributed by atoms with E-state index in [9.17, 15) is 5.26 Å². The summed E-state index contributed by atoms with van der Waals surface area (Å²) < 4.78 is 0. The number of nitrogens with one attached hydrogen (secondary N) is 2. The molecule has 3 rings (SSSR count). The number of para-hydroxylation sites is 1. The summed E-state index contributed by atoms with van der Waals surface area (Å²) in [5, 5.41) is 13.7. The summed E-state index contributed by atoms with van der Waals surface area (Å²) in [6.07, 6.45) is 1.23. The van der Waals surface area contributed by atoms with Crippen LogP contribution in [0.5, 0.6) is 0 Å². The third-order valence-corrected chi connectivity index (χ3v) is 3.87. The minimum absolute atomic E-state index is 0.669. The third-order valence-electron chi connectivity index (χ3n) is 3.87. The van der Waals surface area contributed by atoms with Crippen LogP contribution in [-0.4, -0.2) is 36.6 Å². The maximum absolute atomic E-state index is 9.32. The first-order chi connectivity index (χ1) is 9.28. The molecule has 1 aliphatic rings. The number of hydrogen-bond acceptors (Lipinski definition) is 3. The van der Waals surface area contributed by atoms with Gasteiger partial charge in [-0.05, 0) is 32.0 Å². The Labute approximate surface area is 113 Å². The van der Waals surface area contributed by atoms with E-state index >= 15 is 0 Å². The average molecular weight is 254 g/mol. The standard InChI is InChI=1S/C15H18N4/c1-19-7-6-11(10-19)9-17-15-13(8-16)12-4-2-3-5-14(12)18-15/h2-5,11,17-18H,6-7,9-10H2,1H3. The molecule has 2 N–H and O–H groups in total. The molecule has 0 spiro atoms. The number of likely N-dealkylation sites (tertiary alicyclic amines) is 1. The van der Waals surface area contributed by atoms with Crippen LogP contribution < -0.4 is 5.32 Å². The normalized spacial score (nSPS) is 19.7. The number of hydrogen-bond donors (Lipinski definition) is 2. The van der Waals surface area contributed by atoms with Crippen LogP contribution in [0.15, 0.2) is 24.3 Å². The summed E-state index contributed by atoms with van der Waals surface area (Å²) in [7, 11) is 2.16. The second-order valence-electron chi connectivity index (χ2n) is 5.33. The minimum Gasteiger partial charge on any atom is -0.370 e. The predicted octanol–water partition coefficient (Wildman–Crippen LogP) is 2.40. The number of fused-ring (bicyclic) bond motifs is 1. The summed E-state index contributed by atoms with van der Waals surface area (Å²) in [5.41, 5.74) is 1.74. The Balaban J connectivity index is 1.79. The molecule has 1 atom stereocenters. The van der Waals surface area contributed by atoms with Gasteiger partial charge < -0.3 is 15.2 Å². The highest BCUT2D eigenvalue weighted by Gasteiger charge is 2.20. The van der Waals surface area contributed by atoms with Gasteiger partial charge in [0, 0.05) is 24.0 Å². The molecule has 4 heteroatoms. The fourth-order valence-corrected chi connectivity index (χ4v) is 2.83. The van der Waals surface area contributed by atoms with E-state index < -0.39 is 0 Å². The van der Waals surface area contributed by atoms with Gasteiger partial charge in [-0.2, -0.15) is 5.26 Å². The first-order valence-electron chi connectivity index (χ1n) is 6.71. The molecule has 0 bridgehead atoms. The second-order valence-corrected chi connectivity index (χ2v) is 5.33. The van der Waals surface area contributed by atoms with Crippen molar-refractivity contribution in [2.24, 2.45) is 5.92 Å². The monoisotopic (exact) mass is 254 g/mol. The van der Waals surface area contributed by atoms with Crippen molar-refractivity contribution in [1.29, 1.82) is 5.26 Å². The highest BCUT2D eigenvalue weighted by atomic mass is 15.1. The molecule has 1 aromatic carbocycles. The second kappa shape index (κ2) is 4.94. The van der Waals surface area contributed by atoms with Crippen molar-refractivity contribution in [1.82, 2.24) is 9.88 Å². The zero-order valence-corrected chi connectivity index (χ0v) is 11.1. The Hall–Kier alpha value is -1.99. The van der Waals surface area contributed by atoms with Crippen molar-refractivity contribution in [3.05, 3.63) is 29.8 Å². The summed E-state index contributed by atoms with van der Waals surface area (Å²) in [6, 6.07) is 10.2. The Bertz CT molecular complexity index is 623. The van der Waals surface area contributed by atoms with E-state index in [1.807, 2.05) is 24.3 Å². The van der Waals surface area contributed by atoms with Crippen molar-refractivity contribution in [3.8, 4) is 6.07 Å². The number of aromatic nitrogens is 1. The van der Waals surface area contributed by atoms with Crippen LogP contribution in [-0.2, 0) is 0 Å². The van der Waals surface area contributed by atoms with Gasteiger partial charge >= 0.3 is 0 Å². The van der Waals surface area contributed by atoms with Gasteiger partial charge in [0.2, 0.25) is 0 Å². The molecule has 1 aliphatic heterocycles. The van der Waals surface area contributed by atoms with Gasteiger partial charge in [0.15, 0.2) is 0 Å². The maximum Gasteiger partial charge on any atom is 0.122 e. The van der Waals surface area contributed by atoms with E-state index in [0.29, 0.717) is 5.92 Å². The van der Waals surface area contributed by atoms with Gasteiger partial charge in [0.1, 0.15) is 17.5 Å². The predicted molar refractivity (Wildman–Crippen MR) is 77.1 cm³/mol. The van der Waals surface area contributed by atoms with E-state index in [4.69, 9.17) is 0 Å². The largest absolute Gasteiger partial charge is 0.370 e. The number of aromatic amines is 1. The number of nitriles is 1. The number of benzene rings is 1. The molecule has 0 radical (unpaired) electrons. The van der Waals surface area contributed by atoms with Crippen molar-refractivity contribution < 1.29 is 0 Å². The van der Waals surface area contributed by atoms with Crippen LogP contribution in [0.2, 0.25) is 0 Å². The lowest BCUT2D eigenvalue weighted by molar-refractivity contribution is 0.399. The van der Waals surface area contributed by atoms with E-state index in [2.05, 4.69) is 28.3 Å². The van der Waals surface area contributed by atoms with E-state index in [1.165, 1.54) is 13.0 Å². The van der Waals surface area contributed by atoms with Crippen LogP contribution in [0.1, 0.15) is 12.0 Å². The lowest BCUT2D eigenvalue weighted by Gasteiger charge is -2.11. The van der Waals surface area contributed by atoms with E-state index in [-0.39, 0.29) is 0 Å². The zero-order chi connectivity index (χ0) is 13.2. The van der Waals surface area contributed by atoms with Gasteiger partial charge in [0.05, 0.1) is 0 Å². The van der Waals surface area contributed by atoms with Crippen molar-refractivity contribution >= 4 is 16.7 Å². The number of nitrogens with zero attached hydrogens (tertiary/aromatic N) is 2. The van der Waals surface area contributed by atoms with Crippen molar-refractivity contribution in [2.75, 3.05) is 32.0 Å². The summed E-state index contributed by atoms with van der Waals surface area (Å²) >= 11 is 0. The molecule has 98 valence electrons. The van der Waals surface area contributed by atoms with E-state index in [0.717, 1.165) is 35.4 Å². The van der Waals surface area contributed by atoms with Crippen LogP contribution in [0, 0.1) is 17.2 Å². The van der Waals surface area contributed by atoms with Crippen LogP contribution in [0.25, 0.3) is 10.9 Å². The van der Waals surface area contributed by atoms with Crippen LogP contribution in [0.3, 0.4) is 0 Å². The lowest BCUT2D eigenvalue weighted by Crippen LogP contribution is -2.19. The molecule has 2 aromatic rings. The summed E-state index contributed by atoms with van der Waals surface area (Å²) in [5.74, 6) is 1.53. The van der Waals surface area contributed by atoms with Crippen LogP contribution in [0.4, 0.5) is 5.82 Å². The molecular weight excluding hydrogens is 236 g/mol. The quantitative estimate of drug-likeness (QED) is 0.884. The van der Waals surface area contributed by atoms with Gasteiger partial charge in [-0.3, -0.25) is 0 Å². The van der Waals surface area contributed by atoms with E-state index in [1.54, 1.807) is 0 Å². The summed E-state index contributed by atoms with van der Waals surface area (Å²) in [4.78, 5) is 5.65. The number of anilines is 1. The number of H-pyrrole nitrogens is 1. The number of rotatable bonds is 3. The highest BCUT2D eigenvalue weighted by Crippen LogP contribution is 2.26. The highest BCUT2D eigenvalue weighted by molar-refractivity contribution is 5.91.